The van der Waals surface area contributed by atoms with E-state index in [0.29, 0.717) is 131 Å². The molecule has 1 unspecified atom stereocenters. The van der Waals surface area contributed by atoms with Crippen LogP contribution >= 0.6 is 0 Å². The smallest absolute Gasteiger partial charge is 0.410 e. The molecule has 2 aliphatic rings. The summed E-state index contributed by atoms with van der Waals surface area (Å²) in [6, 6.07) is 22.4. The maximum atomic E-state index is 13.4. The molecule has 0 radical (unpaired) electrons. The minimum absolute atomic E-state index is 0.0158. The van der Waals surface area contributed by atoms with E-state index >= 15 is 0 Å². The maximum absolute atomic E-state index is 13.4. The molecule has 0 spiro atoms. The Hall–Kier alpha value is -7.75. The summed E-state index contributed by atoms with van der Waals surface area (Å²) in [6.07, 6.45) is 11.0. The van der Waals surface area contributed by atoms with Crippen LogP contribution in [0.5, 0.6) is 5.75 Å². The topological polar surface area (TPSA) is 292 Å². The summed E-state index contributed by atoms with van der Waals surface area (Å²) < 4.78 is 28.6. The number of aliphatic imine (C=N–C) groups is 1. The van der Waals surface area contributed by atoms with Gasteiger partial charge in [0.1, 0.15) is 29.5 Å². The molecule has 436 valence electrons. The first kappa shape index (κ1) is 62.4. The van der Waals surface area contributed by atoms with E-state index in [9.17, 15) is 28.8 Å². The van der Waals surface area contributed by atoms with Crippen molar-refractivity contribution in [3.05, 3.63) is 119 Å². The average molecular weight is 1120 g/mol. The van der Waals surface area contributed by atoms with E-state index < -0.39 is 29.2 Å². The average Bonchev–Trinajstić information content (AvgIpc) is 3.95. The van der Waals surface area contributed by atoms with Crippen LogP contribution in [0.3, 0.4) is 0 Å². The van der Waals surface area contributed by atoms with Crippen molar-refractivity contribution in [2.24, 2.45) is 16.5 Å². The van der Waals surface area contributed by atoms with Crippen molar-refractivity contribution in [3.8, 4) is 5.75 Å². The molecule has 81 heavy (non-hydrogen) atoms. The number of piperidine rings is 1. The number of hydrogen-bond donors (Lipinski definition) is 6. The predicted molar refractivity (Wildman–Crippen MR) is 308 cm³/mol. The lowest BCUT2D eigenvalue weighted by atomic mass is 9.85. The summed E-state index contributed by atoms with van der Waals surface area (Å²) in [4.78, 5) is 86.6. The largest absolute Gasteiger partial charge is 0.494 e. The Morgan fingerprint density at radius 1 is 0.802 bits per heavy atom. The standard InChI is InChI=1S/C60H80N10O11/c1-59(2,3)81-58(76)69-30-26-60(27-31-69,57(63)67-53(61)44-24-28-64-29-25-44)68-46-15-11-14-45(40-46)55(74)65-41-43-20-22-47(23-21-43)80-35-10-5-4-8-33-77-36-38-79-39-37-78-34-9-6-7-19-52(72)66-50-17-12-16-48-49(50)42-70(56(48)75)51(54(62)73)18-13-32-71/h11-12,14-17,20-25,28-29,32,40,51,68H,4-10,13,18-19,26-27,30-31,33-39,41-42H2,1-3H3,(H2,62,73)(H,65,74)(H,66,72)(H3,61,63,67). The van der Waals surface area contributed by atoms with E-state index in [0.717, 1.165) is 49.8 Å². The number of carbonyl (C=O) groups is 6. The number of likely N-dealkylation sites (tertiary alicyclic amines) is 1. The second-order valence-electron chi connectivity index (χ2n) is 21.0. The Morgan fingerprint density at radius 3 is 2.10 bits per heavy atom. The Kier molecular flexibility index (Phi) is 24.6. The molecular weight excluding hydrogens is 1040 g/mol. The minimum Gasteiger partial charge on any atom is -0.494 e. The molecule has 5 amide bonds. The number of amidine groups is 2. The van der Waals surface area contributed by atoms with Crippen LogP contribution in [0.2, 0.25) is 0 Å². The Bertz CT molecular complexity index is 2740. The third-order valence-electron chi connectivity index (χ3n) is 13.8. The van der Waals surface area contributed by atoms with Crippen LogP contribution in [0.15, 0.2) is 96.2 Å². The molecular formula is C60H80N10O11. The molecule has 21 nitrogen and oxygen atoms in total. The van der Waals surface area contributed by atoms with Crippen LogP contribution in [0.1, 0.15) is 135 Å². The second kappa shape index (κ2) is 31.9. The van der Waals surface area contributed by atoms with E-state index in [2.05, 4.69) is 25.9 Å². The minimum atomic E-state index is -0.922. The fourth-order valence-electron chi connectivity index (χ4n) is 9.32. The lowest BCUT2D eigenvalue weighted by molar-refractivity contribution is -0.123. The molecule has 3 heterocycles. The van der Waals surface area contributed by atoms with Gasteiger partial charge in [-0.25, -0.2) is 9.79 Å². The number of unbranched alkanes of at least 4 members (excludes halogenated alkanes) is 5. The highest BCUT2D eigenvalue weighted by molar-refractivity contribution is 6.08. The molecule has 21 heteroatoms. The number of benzene rings is 3. The summed E-state index contributed by atoms with van der Waals surface area (Å²) in [6.45, 7) is 10.4. The number of fused-ring (bicyclic) bond motifs is 1. The summed E-state index contributed by atoms with van der Waals surface area (Å²) in [7, 11) is 0. The molecule has 2 aliphatic heterocycles. The SMILES string of the molecule is CC(C)(C)OC(=O)N1CCC(Nc2cccc(C(=O)NCc3ccc(OCCCCCCOCCOCCOCCCCCC(=O)Nc4cccc5c4CN(C(CCC=O)C(N)=O)C5=O)cc3)c2)(C(N)=NC(=N)c2ccncc2)CC1. The Labute approximate surface area is 474 Å². The number of hydrogen-bond acceptors (Lipinski definition) is 14. The number of nitrogens with two attached hydrogens (primary N) is 2. The van der Waals surface area contributed by atoms with Crippen molar-refractivity contribution in [3.63, 3.8) is 0 Å². The number of anilines is 2. The molecule has 0 bridgehead atoms. The van der Waals surface area contributed by atoms with Gasteiger partial charge >= 0.3 is 6.09 Å². The molecule has 4 aromatic rings. The number of pyridine rings is 1. The van der Waals surface area contributed by atoms with Gasteiger partial charge in [-0.05, 0) is 132 Å². The lowest BCUT2D eigenvalue weighted by Crippen LogP contribution is -2.58. The van der Waals surface area contributed by atoms with Gasteiger partial charge in [0.25, 0.3) is 11.8 Å². The molecule has 6 rings (SSSR count). The third-order valence-corrected chi connectivity index (χ3v) is 13.8. The third kappa shape index (κ3) is 20.1. The van der Waals surface area contributed by atoms with Gasteiger partial charge in [0.15, 0.2) is 5.84 Å². The number of nitrogens with one attached hydrogen (secondary N) is 4. The summed E-state index contributed by atoms with van der Waals surface area (Å²) in [5.74, 6) is -0.498. The Morgan fingerprint density at radius 2 is 1.44 bits per heavy atom. The van der Waals surface area contributed by atoms with Crippen molar-refractivity contribution < 1.29 is 52.5 Å². The van der Waals surface area contributed by atoms with Crippen molar-refractivity contribution in [2.75, 3.05) is 70.0 Å². The normalized spacial score (nSPS) is 14.4. The number of carbonyl (C=O) groups excluding carboxylic acids is 6. The first-order chi connectivity index (χ1) is 39.1. The first-order valence-electron chi connectivity index (χ1n) is 27.9. The fourth-order valence-corrected chi connectivity index (χ4v) is 9.32. The fraction of sp³-hybridized carbons (Fsp3) is 0.483. The van der Waals surface area contributed by atoms with E-state index in [1.165, 1.54) is 4.90 Å². The van der Waals surface area contributed by atoms with Gasteiger partial charge in [-0.2, -0.15) is 0 Å². The Balaban J connectivity index is 0.773. The monoisotopic (exact) mass is 1120 g/mol. The van der Waals surface area contributed by atoms with Crippen LogP contribution in [-0.2, 0) is 46.4 Å². The number of aldehydes is 1. The number of aromatic nitrogens is 1. The molecule has 0 aliphatic carbocycles. The molecule has 3 aromatic carbocycles. The highest BCUT2D eigenvalue weighted by atomic mass is 16.6. The van der Waals surface area contributed by atoms with E-state index in [-0.39, 0.29) is 48.8 Å². The van der Waals surface area contributed by atoms with Gasteiger partial charge in [-0.1, -0.05) is 37.1 Å². The van der Waals surface area contributed by atoms with Crippen LogP contribution in [0.25, 0.3) is 0 Å². The quantitative estimate of drug-likeness (QED) is 0.0116. The zero-order valence-electron chi connectivity index (χ0n) is 47.0. The molecule has 1 saturated heterocycles. The van der Waals surface area contributed by atoms with Gasteiger partial charge in [0.2, 0.25) is 11.8 Å². The molecule has 1 atom stereocenters. The summed E-state index contributed by atoms with van der Waals surface area (Å²) >= 11 is 0. The van der Waals surface area contributed by atoms with E-state index in [1.54, 1.807) is 65.8 Å². The second-order valence-corrected chi connectivity index (χ2v) is 21.0. The number of nitrogens with zero attached hydrogens (tertiary/aromatic N) is 4. The van der Waals surface area contributed by atoms with Gasteiger partial charge in [0.05, 0.1) is 38.6 Å². The highest BCUT2D eigenvalue weighted by Crippen LogP contribution is 2.33. The van der Waals surface area contributed by atoms with Crippen LogP contribution in [-0.4, -0.2) is 139 Å². The summed E-state index contributed by atoms with van der Waals surface area (Å²) in [5, 5.41) is 18.1. The lowest BCUT2D eigenvalue weighted by Gasteiger charge is -2.42. The van der Waals surface area contributed by atoms with Crippen LogP contribution in [0, 0.1) is 5.41 Å². The number of rotatable bonds is 33. The molecule has 1 fully saturated rings. The summed E-state index contributed by atoms with van der Waals surface area (Å²) in [5.41, 5.74) is 14.8. The van der Waals surface area contributed by atoms with Crippen LogP contribution < -0.4 is 32.2 Å². The first-order valence-corrected chi connectivity index (χ1v) is 27.9. The van der Waals surface area contributed by atoms with Crippen molar-refractivity contribution in [1.82, 2.24) is 20.1 Å². The number of amides is 5. The zero-order chi connectivity index (χ0) is 58.0. The zero-order valence-corrected chi connectivity index (χ0v) is 47.0. The molecule has 1 aromatic heterocycles. The number of ether oxygens (including phenoxy) is 5. The van der Waals surface area contributed by atoms with Crippen LogP contribution in [0.4, 0.5) is 16.2 Å². The van der Waals surface area contributed by atoms with E-state index in [4.69, 9.17) is 40.6 Å². The predicted octanol–water partition coefficient (Wildman–Crippen LogP) is 7.55. The van der Waals surface area contributed by atoms with Gasteiger partial charge in [-0.15, -0.1) is 0 Å². The maximum Gasteiger partial charge on any atom is 0.410 e. The van der Waals surface area contributed by atoms with Gasteiger partial charge in [-0.3, -0.25) is 29.6 Å². The van der Waals surface area contributed by atoms with E-state index in [1.807, 2.05) is 51.1 Å². The molecule has 0 saturated carbocycles. The van der Waals surface area contributed by atoms with Gasteiger partial charge < -0.3 is 65.7 Å². The van der Waals surface area contributed by atoms with Crippen molar-refractivity contribution in [1.29, 1.82) is 5.41 Å². The number of primary amides is 1. The highest BCUT2D eigenvalue weighted by Gasteiger charge is 2.41. The molecule has 8 N–H and O–H groups in total. The van der Waals surface area contributed by atoms with Crippen molar-refractivity contribution in [2.45, 2.75) is 128 Å². The van der Waals surface area contributed by atoms with Gasteiger partial charge in [0, 0.05) is 98.3 Å². The van der Waals surface area contributed by atoms with Crippen molar-refractivity contribution >= 4 is 59.1 Å².